The van der Waals surface area contributed by atoms with E-state index in [9.17, 15) is 18.8 Å². The fraction of sp³-hybridized carbons (Fsp3) is 0.412. The molecule has 1 aliphatic rings. The van der Waals surface area contributed by atoms with Gasteiger partial charge in [-0.05, 0) is 31.9 Å². The summed E-state index contributed by atoms with van der Waals surface area (Å²) >= 11 is 6.41. The number of para-hydroxylation sites is 1. The lowest BCUT2D eigenvalue weighted by Gasteiger charge is -2.16. The van der Waals surface area contributed by atoms with Crippen molar-refractivity contribution in [2.24, 2.45) is 0 Å². The average molecular weight is 413 g/mol. The molecular weight excluding hydrogens is 393 g/mol. The number of hydrogen-bond donors (Lipinski definition) is 2. The van der Waals surface area contributed by atoms with Crippen molar-refractivity contribution in [3.63, 3.8) is 0 Å². The van der Waals surface area contributed by atoms with E-state index in [0.717, 1.165) is 0 Å². The van der Waals surface area contributed by atoms with E-state index in [1.807, 2.05) is 0 Å². The molecule has 1 aliphatic heterocycles. The lowest BCUT2D eigenvalue weighted by atomic mass is 10.2. The highest BCUT2D eigenvalue weighted by Gasteiger charge is 2.25. The molecule has 10 heteroatoms. The highest BCUT2D eigenvalue weighted by molar-refractivity contribution is 8.23. The Morgan fingerprint density at radius 2 is 2.07 bits per heavy atom. The first-order valence-electron chi connectivity index (χ1n) is 8.35. The van der Waals surface area contributed by atoms with Crippen LogP contribution in [0, 0.1) is 5.82 Å². The number of nitrogens with one attached hydrogen (secondary N) is 2. The maximum atomic E-state index is 13.5. The molecule has 1 aromatic carbocycles. The summed E-state index contributed by atoms with van der Waals surface area (Å²) in [4.78, 5) is 36.8. The molecule has 0 bridgehead atoms. The van der Waals surface area contributed by atoms with Crippen LogP contribution in [0.15, 0.2) is 24.3 Å². The Bertz CT molecular complexity index is 716. The van der Waals surface area contributed by atoms with Crippen LogP contribution in [0.5, 0.6) is 5.75 Å². The highest BCUT2D eigenvalue weighted by Crippen LogP contribution is 2.19. The molecule has 1 aromatic rings. The van der Waals surface area contributed by atoms with E-state index >= 15 is 0 Å². The zero-order chi connectivity index (χ0) is 19.8. The minimum absolute atomic E-state index is 0.00875. The van der Waals surface area contributed by atoms with Gasteiger partial charge in [0.25, 0.3) is 5.91 Å². The molecule has 1 saturated heterocycles. The van der Waals surface area contributed by atoms with Crippen LogP contribution in [-0.4, -0.2) is 45.3 Å². The van der Waals surface area contributed by atoms with Crippen molar-refractivity contribution in [3.8, 4) is 5.75 Å². The average Bonchev–Trinajstić information content (AvgIpc) is 2.96. The van der Waals surface area contributed by atoms with Crippen molar-refractivity contribution in [2.45, 2.75) is 32.3 Å². The zero-order valence-corrected chi connectivity index (χ0v) is 16.3. The summed E-state index contributed by atoms with van der Waals surface area (Å²) in [5, 5.41) is 0. The molecule has 0 aliphatic carbocycles. The molecule has 0 saturated carbocycles. The number of carbonyl (C=O) groups excluding carboxylic acids is 3. The van der Waals surface area contributed by atoms with Crippen LogP contribution in [0.2, 0.25) is 0 Å². The molecule has 1 heterocycles. The first kappa shape index (κ1) is 21.1. The van der Waals surface area contributed by atoms with Gasteiger partial charge in [-0.15, -0.1) is 0 Å². The minimum atomic E-state index is -0.984. The molecule has 1 fully saturated rings. The first-order valence-corrected chi connectivity index (χ1v) is 9.75. The van der Waals surface area contributed by atoms with Crippen LogP contribution in [0.3, 0.4) is 0 Å². The molecule has 1 atom stereocenters. The number of carbonyl (C=O) groups is 3. The second kappa shape index (κ2) is 10.2. The van der Waals surface area contributed by atoms with Crippen molar-refractivity contribution in [2.75, 3.05) is 12.3 Å². The van der Waals surface area contributed by atoms with Crippen LogP contribution in [-0.2, 0) is 14.4 Å². The minimum Gasteiger partial charge on any atom is -0.478 e. The summed E-state index contributed by atoms with van der Waals surface area (Å²) in [5.41, 5.74) is 4.53. The number of rotatable bonds is 8. The van der Waals surface area contributed by atoms with Crippen molar-refractivity contribution in [1.82, 2.24) is 15.8 Å². The zero-order valence-electron chi connectivity index (χ0n) is 14.7. The normalized spacial score (nSPS) is 14.8. The summed E-state index contributed by atoms with van der Waals surface area (Å²) in [6.07, 6.45) is 0.368. The second-order valence-corrected chi connectivity index (χ2v) is 7.39. The van der Waals surface area contributed by atoms with Gasteiger partial charge in [-0.25, -0.2) is 4.39 Å². The van der Waals surface area contributed by atoms with Crippen molar-refractivity contribution < 1.29 is 23.5 Å². The van der Waals surface area contributed by atoms with Gasteiger partial charge in [-0.2, -0.15) is 0 Å². The van der Waals surface area contributed by atoms with E-state index in [4.69, 9.17) is 17.0 Å². The van der Waals surface area contributed by atoms with Crippen LogP contribution in [0.25, 0.3) is 0 Å². The number of unbranched alkanes of at least 4 members (excludes halogenated alkanes) is 1. The fourth-order valence-corrected chi connectivity index (χ4v) is 3.35. The summed E-state index contributed by atoms with van der Waals surface area (Å²) in [5.74, 6) is -1.22. The van der Waals surface area contributed by atoms with Gasteiger partial charge >= 0.3 is 0 Å². The lowest BCUT2D eigenvalue weighted by Crippen LogP contribution is -2.47. The van der Waals surface area contributed by atoms with Crippen molar-refractivity contribution in [1.29, 1.82) is 0 Å². The number of amides is 3. The van der Waals surface area contributed by atoms with Crippen molar-refractivity contribution in [3.05, 3.63) is 30.1 Å². The van der Waals surface area contributed by atoms with E-state index in [1.165, 1.54) is 36.9 Å². The second-order valence-electron chi connectivity index (χ2n) is 5.78. The maximum Gasteiger partial charge on any atom is 0.279 e. The van der Waals surface area contributed by atoms with Crippen molar-refractivity contribution >= 4 is 46.0 Å². The quantitative estimate of drug-likeness (QED) is 0.384. The van der Waals surface area contributed by atoms with Gasteiger partial charge in [0.05, 0.1) is 5.75 Å². The van der Waals surface area contributed by atoms with Crippen LogP contribution < -0.4 is 15.6 Å². The predicted octanol–water partition coefficient (Wildman–Crippen LogP) is 1.77. The van der Waals surface area contributed by atoms with E-state index < -0.39 is 17.8 Å². The lowest BCUT2D eigenvalue weighted by molar-refractivity contribution is -0.132. The SMILES string of the molecule is C[C@H](Oc1ccccc1F)C(=O)NNC(=O)CCCCN1C(=O)CSC1=S. The van der Waals surface area contributed by atoms with Gasteiger partial charge in [0.1, 0.15) is 4.32 Å². The van der Waals surface area contributed by atoms with Gasteiger partial charge in [-0.3, -0.25) is 30.1 Å². The number of benzene rings is 1. The summed E-state index contributed by atoms with van der Waals surface area (Å²) in [6.45, 7) is 1.93. The Labute approximate surface area is 166 Å². The Morgan fingerprint density at radius 3 is 2.74 bits per heavy atom. The van der Waals surface area contributed by atoms with E-state index in [0.29, 0.717) is 29.5 Å². The Kier molecular flexibility index (Phi) is 7.99. The van der Waals surface area contributed by atoms with Gasteiger partial charge < -0.3 is 4.74 Å². The molecule has 0 aromatic heterocycles. The molecule has 3 amide bonds. The molecule has 2 rings (SSSR count). The highest BCUT2D eigenvalue weighted by atomic mass is 32.2. The number of thiocarbonyl (C=S) groups is 1. The molecular formula is C17H20FN3O4S2. The first-order chi connectivity index (χ1) is 12.9. The Balaban J connectivity index is 1.63. The number of hydrogen-bond acceptors (Lipinski definition) is 6. The van der Waals surface area contributed by atoms with Gasteiger partial charge in [0.2, 0.25) is 11.8 Å². The number of hydrazine groups is 1. The third-order valence-electron chi connectivity index (χ3n) is 3.71. The van der Waals surface area contributed by atoms with Crippen LogP contribution in [0.4, 0.5) is 4.39 Å². The van der Waals surface area contributed by atoms with Crippen LogP contribution >= 0.6 is 24.0 Å². The molecule has 146 valence electrons. The predicted molar refractivity (Wildman–Crippen MR) is 103 cm³/mol. The third-order valence-corrected chi connectivity index (χ3v) is 5.14. The van der Waals surface area contributed by atoms with E-state index in [-0.39, 0.29) is 24.0 Å². The number of thioether (sulfide) groups is 1. The smallest absolute Gasteiger partial charge is 0.279 e. The third kappa shape index (κ3) is 6.47. The van der Waals surface area contributed by atoms with E-state index in [2.05, 4.69) is 10.9 Å². The molecule has 0 radical (unpaired) electrons. The monoisotopic (exact) mass is 413 g/mol. The van der Waals surface area contributed by atoms with Gasteiger partial charge in [0.15, 0.2) is 17.7 Å². The molecule has 0 spiro atoms. The topological polar surface area (TPSA) is 87.7 Å². The molecule has 0 unspecified atom stereocenters. The molecule has 7 nitrogen and oxygen atoms in total. The number of halogens is 1. The number of nitrogens with zero attached hydrogens (tertiary/aromatic N) is 1. The van der Waals surface area contributed by atoms with Crippen LogP contribution in [0.1, 0.15) is 26.2 Å². The summed E-state index contributed by atoms with van der Waals surface area (Å²) in [6, 6.07) is 5.74. The van der Waals surface area contributed by atoms with Gasteiger partial charge in [-0.1, -0.05) is 36.1 Å². The Morgan fingerprint density at radius 1 is 1.33 bits per heavy atom. The standard InChI is InChI=1S/C17H20FN3O4S2/c1-11(25-13-7-3-2-6-12(13)18)16(24)20-19-14(22)8-4-5-9-21-15(23)10-27-17(21)26/h2-3,6-7,11H,4-5,8-10H2,1H3,(H,19,22)(H,20,24)/t11-/m0/s1. The Hall–Kier alpha value is -2.20. The summed E-state index contributed by atoms with van der Waals surface area (Å²) < 4.78 is 19.3. The maximum absolute atomic E-state index is 13.5. The molecule has 2 N–H and O–H groups in total. The largest absolute Gasteiger partial charge is 0.478 e. The van der Waals surface area contributed by atoms with E-state index in [1.54, 1.807) is 11.0 Å². The van der Waals surface area contributed by atoms with Gasteiger partial charge in [0, 0.05) is 13.0 Å². The summed E-state index contributed by atoms with van der Waals surface area (Å²) in [7, 11) is 0. The molecule has 27 heavy (non-hydrogen) atoms. The fourth-order valence-electron chi connectivity index (χ4n) is 2.23. The number of ether oxygens (including phenoxy) is 1.